The van der Waals surface area contributed by atoms with Crippen LogP contribution in [0.5, 0.6) is 0 Å². The molecule has 0 bridgehead atoms. The van der Waals surface area contributed by atoms with Crippen LogP contribution in [0.2, 0.25) is 0 Å². The Bertz CT molecular complexity index is 521. The smallest absolute Gasteiger partial charge is 0.0574 e. The molecule has 3 rings (SSSR count). The van der Waals surface area contributed by atoms with Crippen molar-refractivity contribution in [2.24, 2.45) is 5.92 Å². The topological polar surface area (TPSA) is 20.2 Å². The fraction of sp³-hybridized carbons (Fsp3) is 0.368. The average Bonchev–Trinajstić information content (AvgIpc) is 2.96. The lowest BCUT2D eigenvalue weighted by Crippen LogP contribution is -2.30. The number of aliphatic hydroxyl groups excluding tert-OH is 1. The van der Waals surface area contributed by atoms with Crippen LogP contribution in [-0.4, -0.2) is 25.3 Å². The van der Waals surface area contributed by atoms with E-state index in [1.165, 1.54) is 23.5 Å². The monoisotopic (exact) mass is 309 g/mol. The Morgan fingerprint density at radius 2 is 1.41 bits per heavy atom. The minimum atomic E-state index is -0.410. The molecule has 0 unspecified atom stereocenters. The van der Waals surface area contributed by atoms with Crippen molar-refractivity contribution >= 4 is 26.9 Å². The Labute approximate surface area is 137 Å². The maximum absolute atomic E-state index is 10.3. The van der Waals surface area contributed by atoms with Crippen molar-refractivity contribution in [1.82, 2.24) is 0 Å². The van der Waals surface area contributed by atoms with Gasteiger partial charge in [-0.1, -0.05) is 74.0 Å². The molecule has 1 saturated carbocycles. The summed E-state index contributed by atoms with van der Waals surface area (Å²) in [4.78, 5) is 0. The summed E-state index contributed by atoms with van der Waals surface area (Å²) in [5.41, 5.74) is 0.516. The summed E-state index contributed by atoms with van der Waals surface area (Å²) in [5, 5.41) is 13.2. The zero-order valence-corrected chi connectivity index (χ0v) is 14.0. The second-order valence-electron chi connectivity index (χ2n) is 5.94. The van der Waals surface area contributed by atoms with E-state index in [-0.39, 0.29) is 14.5 Å². The predicted molar refractivity (Wildman–Crippen MR) is 97.6 cm³/mol. The van der Waals surface area contributed by atoms with E-state index < -0.39 is 7.92 Å². The Kier molecular flexibility index (Phi) is 6.23. The first-order chi connectivity index (χ1) is 10.3. The third kappa shape index (κ3) is 3.62. The highest BCUT2D eigenvalue weighted by Crippen LogP contribution is 2.47. The molecule has 2 aromatic rings. The first-order valence-corrected chi connectivity index (χ1v) is 9.26. The van der Waals surface area contributed by atoms with Gasteiger partial charge in [-0.25, -0.2) is 0 Å². The molecule has 0 saturated heterocycles. The molecule has 0 spiro atoms. The van der Waals surface area contributed by atoms with E-state index in [9.17, 15) is 5.11 Å². The normalized spacial score (nSPS) is 22.3. The molecule has 0 heterocycles. The Morgan fingerprint density at radius 3 is 1.82 bits per heavy atom. The summed E-state index contributed by atoms with van der Waals surface area (Å²) >= 11 is 0. The van der Waals surface area contributed by atoms with Crippen LogP contribution in [0.4, 0.5) is 0 Å². The fourth-order valence-corrected chi connectivity index (χ4v) is 6.48. The highest BCUT2D eigenvalue weighted by Gasteiger charge is 2.35. The number of aliphatic hydroxyl groups is 1. The number of hydrogen-bond donors (Lipinski definition) is 1. The van der Waals surface area contributed by atoms with Crippen molar-refractivity contribution in [1.29, 1.82) is 0 Å². The van der Waals surface area contributed by atoms with E-state index in [0.29, 0.717) is 11.6 Å². The quantitative estimate of drug-likeness (QED) is 0.679. The van der Waals surface area contributed by atoms with Crippen molar-refractivity contribution in [3.8, 4) is 0 Å². The van der Waals surface area contributed by atoms with Crippen LogP contribution < -0.4 is 10.6 Å². The van der Waals surface area contributed by atoms with Crippen LogP contribution in [0.25, 0.3) is 0 Å². The van der Waals surface area contributed by atoms with Gasteiger partial charge in [-0.2, -0.15) is 0 Å². The highest BCUT2D eigenvalue weighted by molar-refractivity contribution is 7.73. The summed E-state index contributed by atoms with van der Waals surface area (Å²) < 4.78 is 0. The molecular formula is C19H23BOP. The van der Waals surface area contributed by atoms with Gasteiger partial charge < -0.3 is 5.11 Å². The fourth-order valence-electron chi connectivity index (χ4n) is 3.52. The standard InChI is InChI=1S/C19H23OP.B/c1-15(18-13-8-14-19(18)20)21(16-9-4-2-5-10-16)17-11-6-3-7-12-17;/h2-7,9-12,15,18-20H,8,13-14H2,1H3;/t15-,18+,19-;/m0./s1. The van der Waals surface area contributed by atoms with E-state index in [0.717, 1.165) is 6.42 Å². The second kappa shape index (κ2) is 7.95. The third-order valence-corrected chi connectivity index (χ3v) is 7.53. The van der Waals surface area contributed by atoms with Crippen LogP contribution >= 0.6 is 7.92 Å². The summed E-state index contributed by atoms with van der Waals surface area (Å²) in [7, 11) is -0.410. The van der Waals surface area contributed by atoms with Crippen LogP contribution in [0.15, 0.2) is 60.7 Å². The second-order valence-corrected chi connectivity index (χ2v) is 8.53. The first-order valence-electron chi connectivity index (χ1n) is 7.85. The third-order valence-electron chi connectivity index (χ3n) is 4.63. The van der Waals surface area contributed by atoms with Gasteiger partial charge in [0.05, 0.1) is 6.10 Å². The van der Waals surface area contributed by atoms with Crippen LogP contribution in [0.3, 0.4) is 0 Å². The molecule has 1 aliphatic rings. The lowest BCUT2D eigenvalue weighted by molar-refractivity contribution is 0.133. The van der Waals surface area contributed by atoms with Gasteiger partial charge in [0.2, 0.25) is 0 Å². The molecule has 1 aliphatic carbocycles. The van der Waals surface area contributed by atoms with Crippen molar-refractivity contribution in [2.75, 3.05) is 0 Å². The molecule has 1 N–H and O–H groups in total. The molecule has 3 atom stereocenters. The maximum Gasteiger partial charge on any atom is 0.0574 e. The molecule has 22 heavy (non-hydrogen) atoms. The summed E-state index contributed by atoms with van der Waals surface area (Å²) in [5.74, 6) is 0.441. The van der Waals surface area contributed by atoms with Gasteiger partial charge in [-0.3, -0.25) is 0 Å². The lowest BCUT2D eigenvalue weighted by Gasteiger charge is -2.31. The largest absolute Gasteiger partial charge is 0.393 e. The Hall–Kier alpha value is -1.11. The van der Waals surface area contributed by atoms with E-state index in [1.807, 2.05) is 0 Å². The van der Waals surface area contributed by atoms with E-state index in [4.69, 9.17) is 0 Å². The van der Waals surface area contributed by atoms with Crippen molar-refractivity contribution in [2.45, 2.75) is 37.9 Å². The van der Waals surface area contributed by atoms with Crippen molar-refractivity contribution in [3.63, 3.8) is 0 Å². The number of hydrogen-bond acceptors (Lipinski definition) is 1. The van der Waals surface area contributed by atoms with E-state index in [2.05, 4.69) is 67.6 Å². The number of benzene rings is 2. The molecular weight excluding hydrogens is 286 g/mol. The van der Waals surface area contributed by atoms with Crippen molar-refractivity contribution in [3.05, 3.63) is 60.7 Å². The summed E-state index contributed by atoms with van der Waals surface area (Å²) in [6.07, 6.45) is 3.20. The zero-order valence-electron chi connectivity index (χ0n) is 13.1. The molecule has 0 aliphatic heterocycles. The first kappa shape index (κ1) is 17.3. The summed E-state index contributed by atoms with van der Waals surface area (Å²) in [6.45, 7) is 2.34. The molecule has 3 radical (unpaired) electrons. The van der Waals surface area contributed by atoms with Gasteiger partial charge in [0, 0.05) is 8.41 Å². The Morgan fingerprint density at radius 1 is 0.909 bits per heavy atom. The number of rotatable bonds is 4. The van der Waals surface area contributed by atoms with Gasteiger partial charge >= 0.3 is 0 Å². The van der Waals surface area contributed by atoms with Gasteiger partial charge in [-0.05, 0) is 42.9 Å². The van der Waals surface area contributed by atoms with Gasteiger partial charge in [0.15, 0.2) is 0 Å². The van der Waals surface area contributed by atoms with Crippen LogP contribution in [0, 0.1) is 5.92 Å². The zero-order chi connectivity index (χ0) is 14.7. The van der Waals surface area contributed by atoms with E-state index in [1.54, 1.807) is 0 Å². The molecule has 113 valence electrons. The molecule has 1 fully saturated rings. The van der Waals surface area contributed by atoms with Gasteiger partial charge in [-0.15, -0.1) is 0 Å². The summed E-state index contributed by atoms with van der Waals surface area (Å²) in [6, 6.07) is 21.7. The minimum Gasteiger partial charge on any atom is -0.393 e. The van der Waals surface area contributed by atoms with Crippen molar-refractivity contribution < 1.29 is 5.11 Å². The minimum absolute atomic E-state index is 0. The molecule has 2 aromatic carbocycles. The Balaban J connectivity index is 0.00000176. The van der Waals surface area contributed by atoms with Gasteiger partial charge in [0.1, 0.15) is 0 Å². The average molecular weight is 309 g/mol. The molecule has 0 amide bonds. The SMILES string of the molecule is C[C@@H]([C@H]1CCC[C@@H]1O)P(c1ccccc1)c1ccccc1.[B]. The predicted octanol–water partition coefficient (Wildman–Crippen LogP) is 3.29. The molecule has 0 aromatic heterocycles. The van der Waals surface area contributed by atoms with E-state index >= 15 is 0 Å². The van der Waals surface area contributed by atoms with Gasteiger partial charge in [0.25, 0.3) is 0 Å². The maximum atomic E-state index is 10.3. The molecule has 3 heteroatoms. The lowest BCUT2D eigenvalue weighted by atomic mass is 10.0. The van der Waals surface area contributed by atoms with Crippen LogP contribution in [-0.2, 0) is 0 Å². The molecule has 1 nitrogen and oxygen atoms in total. The highest BCUT2D eigenvalue weighted by atomic mass is 31.1. The van der Waals surface area contributed by atoms with Crippen LogP contribution in [0.1, 0.15) is 26.2 Å².